The van der Waals surface area contributed by atoms with Gasteiger partial charge in [-0.25, -0.2) is 0 Å². The van der Waals surface area contributed by atoms with Crippen LogP contribution < -0.4 is 0 Å². The molecule has 0 heterocycles. The van der Waals surface area contributed by atoms with Crippen LogP contribution >= 0.6 is 0 Å². The molecule has 0 saturated heterocycles. The van der Waals surface area contributed by atoms with Gasteiger partial charge in [-0.2, -0.15) is 0 Å². The SMILES string of the molecule is CCC(CC(C)C(C)C)C(=O)OC. The first-order chi connectivity index (χ1) is 6.02. The summed E-state index contributed by atoms with van der Waals surface area (Å²) >= 11 is 0. The average Bonchev–Trinajstić information content (AvgIpc) is 2.12. The third-order valence-electron chi connectivity index (χ3n) is 2.82. The monoisotopic (exact) mass is 186 g/mol. The number of hydrogen-bond donors (Lipinski definition) is 0. The molecule has 2 unspecified atom stereocenters. The Labute approximate surface area is 81.7 Å². The molecule has 0 saturated carbocycles. The van der Waals surface area contributed by atoms with Crippen molar-refractivity contribution >= 4 is 5.97 Å². The topological polar surface area (TPSA) is 26.3 Å². The van der Waals surface area contributed by atoms with Gasteiger partial charge in [-0.15, -0.1) is 0 Å². The van der Waals surface area contributed by atoms with Crippen molar-refractivity contribution in [3.8, 4) is 0 Å². The van der Waals surface area contributed by atoms with Crippen LogP contribution in [0.15, 0.2) is 0 Å². The van der Waals surface area contributed by atoms with Crippen LogP contribution in [0, 0.1) is 17.8 Å². The minimum atomic E-state index is -0.0602. The van der Waals surface area contributed by atoms with Gasteiger partial charge in [0.25, 0.3) is 0 Å². The number of rotatable bonds is 5. The molecule has 0 rings (SSSR count). The zero-order valence-electron chi connectivity index (χ0n) is 9.46. The minimum absolute atomic E-state index is 0.0602. The fourth-order valence-electron chi connectivity index (χ4n) is 1.32. The van der Waals surface area contributed by atoms with Crippen molar-refractivity contribution in [2.75, 3.05) is 7.11 Å². The normalized spacial score (nSPS) is 15.5. The highest BCUT2D eigenvalue weighted by atomic mass is 16.5. The average molecular weight is 186 g/mol. The van der Waals surface area contributed by atoms with Gasteiger partial charge in [-0.05, 0) is 24.7 Å². The van der Waals surface area contributed by atoms with Gasteiger partial charge in [0.1, 0.15) is 0 Å². The summed E-state index contributed by atoms with van der Waals surface area (Å²) in [6, 6.07) is 0. The number of hydrogen-bond acceptors (Lipinski definition) is 2. The Morgan fingerprint density at radius 2 is 1.85 bits per heavy atom. The molecule has 0 bridgehead atoms. The minimum Gasteiger partial charge on any atom is -0.469 e. The summed E-state index contributed by atoms with van der Waals surface area (Å²) in [6.45, 7) is 8.61. The summed E-state index contributed by atoms with van der Waals surface area (Å²) in [7, 11) is 1.46. The van der Waals surface area contributed by atoms with Gasteiger partial charge in [0, 0.05) is 0 Å². The molecule has 13 heavy (non-hydrogen) atoms. The first kappa shape index (κ1) is 12.5. The number of esters is 1. The molecule has 0 aliphatic carbocycles. The van der Waals surface area contributed by atoms with Crippen molar-refractivity contribution in [3.05, 3.63) is 0 Å². The van der Waals surface area contributed by atoms with E-state index in [4.69, 9.17) is 4.74 Å². The number of methoxy groups -OCH3 is 1. The van der Waals surface area contributed by atoms with E-state index in [1.807, 2.05) is 6.92 Å². The molecule has 78 valence electrons. The van der Waals surface area contributed by atoms with E-state index in [-0.39, 0.29) is 11.9 Å². The Balaban J connectivity index is 4.05. The zero-order valence-corrected chi connectivity index (χ0v) is 9.46. The largest absolute Gasteiger partial charge is 0.469 e. The van der Waals surface area contributed by atoms with E-state index < -0.39 is 0 Å². The van der Waals surface area contributed by atoms with E-state index in [9.17, 15) is 4.79 Å². The van der Waals surface area contributed by atoms with Crippen LogP contribution in [0.4, 0.5) is 0 Å². The maximum absolute atomic E-state index is 11.3. The molecule has 2 heteroatoms. The summed E-state index contributed by atoms with van der Waals surface area (Å²) < 4.78 is 4.74. The predicted octanol–water partition coefficient (Wildman–Crippen LogP) is 2.87. The highest BCUT2D eigenvalue weighted by molar-refractivity contribution is 5.72. The highest BCUT2D eigenvalue weighted by Crippen LogP contribution is 2.22. The Morgan fingerprint density at radius 1 is 1.31 bits per heavy atom. The van der Waals surface area contributed by atoms with Crippen molar-refractivity contribution < 1.29 is 9.53 Å². The molecule has 0 radical (unpaired) electrons. The number of carbonyl (C=O) groups excluding carboxylic acids is 1. The van der Waals surface area contributed by atoms with Crippen molar-refractivity contribution in [1.29, 1.82) is 0 Å². The molecule has 0 fully saturated rings. The third-order valence-corrected chi connectivity index (χ3v) is 2.82. The Kier molecular flexibility index (Phi) is 5.76. The third kappa shape index (κ3) is 4.30. The summed E-state index contributed by atoms with van der Waals surface area (Å²) in [4.78, 5) is 11.3. The second-order valence-electron chi connectivity index (χ2n) is 4.09. The lowest BCUT2D eigenvalue weighted by Gasteiger charge is -2.20. The van der Waals surface area contributed by atoms with Gasteiger partial charge in [-0.3, -0.25) is 4.79 Å². The summed E-state index contributed by atoms with van der Waals surface area (Å²) in [6.07, 6.45) is 1.82. The van der Waals surface area contributed by atoms with Crippen molar-refractivity contribution in [3.63, 3.8) is 0 Å². The first-order valence-electron chi connectivity index (χ1n) is 5.10. The molecule has 0 amide bonds. The van der Waals surface area contributed by atoms with Gasteiger partial charge >= 0.3 is 5.97 Å². The van der Waals surface area contributed by atoms with E-state index in [2.05, 4.69) is 20.8 Å². The molecule has 0 aromatic heterocycles. The van der Waals surface area contributed by atoms with Gasteiger partial charge in [0.15, 0.2) is 0 Å². The van der Waals surface area contributed by atoms with Gasteiger partial charge in [0.2, 0.25) is 0 Å². The first-order valence-corrected chi connectivity index (χ1v) is 5.10. The number of ether oxygens (including phenoxy) is 1. The predicted molar refractivity (Wildman–Crippen MR) is 54.4 cm³/mol. The van der Waals surface area contributed by atoms with Gasteiger partial charge < -0.3 is 4.74 Å². The maximum Gasteiger partial charge on any atom is 0.308 e. The Hall–Kier alpha value is -0.530. The summed E-state index contributed by atoms with van der Waals surface area (Å²) in [5.41, 5.74) is 0. The molecule has 0 aromatic carbocycles. The fourth-order valence-corrected chi connectivity index (χ4v) is 1.32. The molecular weight excluding hydrogens is 164 g/mol. The summed E-state index contributed by atoms with van der Waals surface area (Å²) in [5, 5.41) is 0. The lowest BCUT2D eigenvalue weighted by atomic mass is 9.87. The fraction of sp³-hybridized carbons (Fsp3) is 0.909. The van der Waals surface area contributed by atoms with E-state index in [1.165, 1.54) is 7.11 Å². The van der Waals surface area contributed by atoms with Crippen LogP contribution in [-0.4, -0.2) is 13.1 Å². The molecule has 2 nitrogen and oxygen atoms in total. The van der Waals surface area contributed by atoms with E-state index in [0.29, 0.717) is 11.8 Å². The maximum atomic E-state index is 11.3. The zero-order chi connectivity index (χ0) is 10.4. The van der Waals surface area contributed by atoms with Gasteiger partial charge in [0.05, 0.1) is 13.0 Å². The molecule has 2 atom stereocenters. The molecule has 0 aliphatic heterocycles. The quantitative estimate of drug-likeness (QED) is 0.617. The Morgan fingerprint density at radius 3 is 2.15 bits per heavy atom. The number of carbonyl (C=O) groups is 1. The van der Waals surface area contributed by atoms with Gasteiger partial charge in [-0.1, -0.05) is 27.7 Å². The van der Waals surface area contributed by atoms with E-state index >= 15 is 0 Å². The van der Waals surface area contributed by atoms with E-state index in [1.54, 1.807) is 0 Å². The molecular formula is C11H22O2. The van der Waals surface area contributed by atoms with Crippen LogP contribution in [0.2, 0.25) is 0 Å². The van der Waals surface area contributed by atoms with E-state index in [0.717, 1.165) is 12.8 Å². The lowest BCUT2D eigenvalue weighted by Crippen LogP contribution is -2.20. The molecule has 0 N–H and O–H groups in total. The highest BCUT2D eigenvalue weighted by Gasteiger charge is 2.21. The van der Waals surface area contributed by atoms with Crippen LogP contribution in [0.5, 0.6) is 0 Å². The smallest absolute Gasteiger partial charge is 0.308 e. The van der Waals surface area contributed by atoms with Crippen LogP contribution in [-0.2, 0) is 9.53 Å². The second-order valence-corrected chi connectivity index (χ2v) is 4.09. The van der Waals surface area contributed by atoms with Crippen LogP contribution in [0.3, 0.4) is 0 Å². The van der Waals surface area contributed by atoms with Crippen molar-refractivity contribution in [2.24, 2.45) is 17.8 Å². The molecule has 0 aliphatic rings. The second kappa shape index (κ2) is 6.01. The van der Waals surface area contributed by atoms with Crippen molar-refractivity contribution in [2.45, 2.75) is 40.5 Å². The van der Waals surface area contributed by atoms with Crippen LogP contribution in [0.25, 0.3) is 0 Å². The standard InChI is InChI=1S/C11H22O2/c1-6-10(11(12)13-5)7-9(4)8(2)3/h8-10H,6-7H2,1-5H3. The van der Waals surface area contributed by atoms with Crippen LogP contribution in [0.1, 0.15) is 40.5 Å². The molecule has 0 spiro atoms. The lowest BCUT2D eigenvalue weighted by molar-refractivity contribution is -0.146. The Bertz CT molecular complexity index is 152. The molecule has 0 aromatic rings. The van der Waals surface area contributed by atoms with Crippen molar-refractivity contribution in [1.82, 2.24) is 0 Å². The summed E-state index contributed by atoms with van der Waals surface area (Å²) in [5.74, 6) is 1.25.